The summed E-state index contributed by atoms with van der Waals surface area (Å²) in [5.74, 6) is -1.41. The summed E-state index contributed by atoms with van der Waals surface area (Å²) in [7, 11) is 0. The Morgan fingerprint density at radius 1 is 1.30 bits per heavy atom. The number of amides is 4. The van der Waals surface area contributed by atoms with E-state index in [4.69, 9.17) is 0 Å². The smallest absolute Gasteiger partial charge is 0.324 e. The van der Waals surface area contributed by atoms with Crippen LogP contribution in [0, 0.1) is 13.8 Å². The molecule has 0 radical (unpaired) electrons. The van der Waals surface area contributed by atoms with Crippen molar-refractivity contribution in [3.05, 3.63) is 39.8 Å². The molecule has 144 valence electrons. The number of aromatic nitrogens is 2. The van der Waals surface area contributed by atoms with E-state index in [0.29, 0.717) is 13.1 Å². The number of nitrogens with zero attached hydrogens (tertiary/aromatic N) is 4. The zero-order valence-electron chi connectivity index (χ0n) is 15.6. The van der Waals surface area contributed by atoms with Gasteiger partial charge in [-0.1, -0.05) is 6.07 Å². The first-order chi connectivity index (χ1) is 12.9. The molecule has 1 aliphatic heterocycles. The number of thiophene rings is 1. The summed E-state index contributed by atoms with van der Waals surface area (Å²) in [5.41, 5.74) is 1.89. The molecule has 2 aromatic rings. The lowest BCUT2D eigenvalue weighted by atomic mass is 10.2. The fourth-order valence-corrected chi connectivity index (χ4v) is 4.01. The fourth-order valence-electron chi connectivity index (χ4n) is 3.20. The highest BCUT2D eigenvalue weighted by atomic mass is 32.1. The number of piperazine rings is 1. The van der Waals surface area contributed by atoms with Gasteiger partial charge in [0, 0.05) is 36.8 Å². The topological polar surface area (TPSA) is 87.5 Å². The Hall–Kier alpha value is -2.68. The van der Waals surface area contributed by atoms with Crippen molar-refractivity contribution in [2.24, 2.45) is 0 Å². The Morgan fingerprint density at radius 2 is 2.07 bits per heavy atom. The Balaban J connectivity index is 1.72. The van der Waals surface area contributed by atoms with Crippen molar-refractivity contribution >= 4 is 29.2 Å². The van der Waals surface area contributed by atoms with E-state index in [9.17, 15) is 14.4 Å². The Bertz CT molecular complexity index is 845. The van der Waals surface area contributed by atoms with Gasteiger partial charge in [-0.3, -0.25) is 19.2 Å². The van der Waals surface area contributed by atoms with E-state index < -0.39 is 17.8 Å². The number of hydrogen-bond donors (Lipinski definition) is 1. The molecule has 27 heavy (non-hydrogen) atoms. The summed E-state index contributed by atoms with van der Waals surface area (Å²) in [6, 6.07) is 5.20. The first kappa shape index (κ1) is 19.1. The van der Waals surface area contributed by atoms with Crippen LogP contribution in [0.1, 0.15) is 29.2 Å². The molecule has 3 rings (SSSR count). The average molecular weight is 389 g/mol. The Kier molecular flexibility index (Phi) is 5.59. The van der Waals surface area contributed by atoms with Gasteiger partial charge >= 0.3 is 17.8 Å². The van der Waals surface area contributed by atoms with E-state index in [1.165, 1.54) is 4.90 Å². The number of hydrogen-bond acceptors (Lipinski definition) is 5. The summed E-state index contributed by atoms with van der Waals surface area (Å²) in [5, 5.41) is 9.31. The van der Waals surface area contributed by atoms with Crippen LogP contribution in [0.4, 0.5) is 4.79 Å². The van der Waals surface area contributed by atoms with Gasteiger partial charge in [-0.15, -0.1) is 11.3 Å². The number of urea groups is 1. The third-order valence-corrected chi connectivity index (χ3v) is 5.57. The van der Waals surface area contributed by atoms with Crippen molar-refractivity contribution < 1.29 is 14.4 Å². The largest absolute Gasteiger partial charge is 0.335 e. The van der Waals surface area contributed by atoms with Gasteiger partial charge in [-0.25, -0.2) is 4.79 Å². The molecule has 2 aromatic heterocycles. The second-order valence-corrected chi connectivity index (χ2v) is 7.41. The molecule has 0 saturated carbocycles. The first-order valence-corrected chi connectivity index (χ1v) is 9.75. The maximum Gasteiger partial charge on any atom is 0.324 e. The van der Waals surface area contributed by atoms with Crippen LogP contribution in [-0.4, -0.2) is 63.6 Å². The van der Waals surface area contributed by atoms with E-state index in [1.54, 1.807) is 18.3 Å². The SMILES string of the molecule is CCN1CCN(C(=O)NC[C@H](c2cccs2)n2nc(C)cc2C)C(=O)C1=O. The van der Waals surface area contributed by atoms with E-state index in [-0.39, 0.29) is 19.1 Å². The highest BCUT2D eigenvalue weighted by molar-refractivity contribution is 7.10. The summed E-state index contributed by atoms with van der Waals surface area (Å²) >= 11 is 1.58. The molecule has 1 aliphatic rings. The minimum absolute atomic E-state index is 0.176. The zero-order valence-corrected chi connectivity index (χ0v) is 16.5. The predicted molar refractivity (Wildman–Crippen MR) is 102 cm³/mol. The number of rotatable bonds is 5. The average Bonchev–Trinajstić information content (AvgIpc) is 3.27. The number of carbonyl (C=O) groups is 3. The number of likely N-dealkylation sites (N-methyl/N-ethyl adjacent to an activating group) is 1. The highest BCUT2D eigenvalue weighted by Gasteiger charge is 2.35. The van der Waals surface area contributed by atoms with E-state index in [1.807, 2.05) is 42.1 Å². The molecule has 0 bridgehead atoms. The van der Waals surface area contributed by atoms with Crippen molar-refractivity contribution in [3.63, 3.8) is 0 Å². The minimum Gasteiger partial charge on any atom is -0.335 e. The van der Waals surface area contributed by atoms with Gasteiger partial charge in [-0.05, 0) is 38.3 Å². The molecule has 8 nitrogen and oxygen atoms in total. The minimum atomic E-state index is -0.778. The molecular formula is C18H23N5O3S. The van der Waals surface area contributed by atoms with Crippen molar-refractivity contribution in [1.82, 2.24) is 24.9 Å². The molecule has 1 fully saturated rings. The van der Waals surface area contributed by atoms with Gasteiger partial charge in [0.2, 0.25) is 0 Å². The normalized spacial score (nSPS) is 16.0. The first-order valence-electron chi connectivity index (χ1n) is 8.87. The number of carbonyl (C=O) groups excluding carboxylic acids is 3. The van der Waals surface area contributed by atoms with Crippen LogP contribution < -0.4 is 5.32 Å². The van der Waals surface area contributed by atoms with Crippen LogP contribution in [0.15, 0.2) is 23.6 Å². The van der Waals surface area contributed by atoms with E-state index in [0.717, 1.165) is 21.2 Å². The van der Waals surface area contributed by atoms with Gasteiger partial charge in [0.05, 0.1) is 5.69 Å². The third kappa shape index (κ3) is 3.87. The molecule has 1 atom stereocenters. The highest BCUT2D eigenvalue weighted by Crippen LogP contribution is 2.24. The van der Waals surface area contributed by atoms with Crippen molar-refractivity contribution in [2.45, 2.75) is 26.8 Å². The van der Waals surface area contributed by atoms with Crippen LogP contribution in [0.5, 0.6) is 0 Å². The van der Waals surface area contributed by atoms with Crippen LogP contribution in [0.25, 0.3) is 0 Å². The standard InChI is InChI=1S/C18H23N5O3S/c1-4-21-7-8-22(17(25)16(21)24)18(26)19-11-14(15-6-5-9-27-15)23-13(3)10-12(2)20-23/h5-6,9-10,14H,4,7-8,11H2,1-3H3,(H,19,26)/t14-/m1/s1. The van der Waals surface area contributed by atoms with Crippen LogP contribution in [-0.2, 0) is 9.59 Å². The quantitative estimate of drug-likeness (QED) is 0.786. The molecule has 1 N–H and O–H groups in total. The summed E-state index contributed by atoms with van der Waals surface area (Å²) in [4.78, 5) is 40.2. The second-order valence-electron chi connectivity index (χ2n) is 6.43. The van der Waals surface area contributed by atoms with Crippen LogP contribution >= 0.6 is 11.3 Å². The zero-order chi connectivity index (χ0) is 19.6. The van der Waals surface area contributed by atoms with Gasteiger partial charge < -0.3 is 10.2 Å². The van der Waals surface area contributed by atoms with Crippen LogP contribution in [0.3, 0.4) is 0 Å². The molecule has 9 heteroatoms. The van der Waals surface area contributed by atoms with Gasteiger partial charge in [0.1, 0.15) is 6.04 Å². The lowest BCUT2D eigenvalue weighted by molar-refractivity contribution is -0.153. The number of imide groups is 1. The van der Waals surface area contributed by atoms with Gasteiger partial charge in [0.25, 0.3) is 0 Å². The lowest BCUT2D eigenvalue weighted by Crippen LogP contribution is -2.58. The van der Waals surface area contributed by atoms with E-state index in [2.05, 4.69) is 10.4 Å². The maximum absolute atomic E-state index is 12.5. The number of nitrogens with one attached hydrogen (secondary N) is 1. The predicted octanol–water partition coefficient (Wildman–Crippen LogP) is 1.55. The monoisotopic (exact) mass is 389 g/mol. The van der Waals surface area contributed by atoms with E-state index >= 15 is 0 Å². The molecular weight excluding hydrogens is 366 g/mol. The molecule has 0 unspecified atom stereocenters. The molecule has 0 aliphatic carbocycles. The van der Waals surface area contributed by atoms with Crippen molar-refractivity contribution in [2.75, 3.05) is 26.2 Å². The molecule has 3 heterocycles. The molecule has 0 aromatic carbocycles. The van der Waals surface area contributed by atoms with Gasteiger partial charge in [0.15, 0.2) is 0 Å². The van der Waals surface area contributed by atoms with Crippen molar-refractivity contribution in [3.8, 4) is 0 Å². The molecule has 0 spiro atoms. The second kappa shape index (κ2) is 7.91. The van der Waals surface area contributed by atoms with Crippen LogP contribution in [0.2, 0.25) is 0 Å². The Morgan fingerprint density at radius 3 is 2.67 bits per heavy atom. The summed E-state index contributed by atoms with van der Waals surface area (Å²) in [6.45, 7) is 6.99. The van der Waals surface area contributed by atoms with Gasteiger partial charge in [-0.2, -0.15) is 5.10 Å². The summed E-state index contributed by atoms with van der Waals surface area (Å²) in [6.07, 6.45) is 0. The maximum atomic E-state index is 12.5. The summed E-state index contributed by atoms with van der Waals surface area (Å²) < 4.78 is 1.88. The molecule has 1 saturated heterocycles. The Labute approximate surface area is 161 Å². The fraction of sp³-hybridized carbons (Fsp3) is 0.444. The lowest BCUT2D eigenvalue weighted by Gasteiger charge is -2.32. The number of aryl methyl sites for hydroxylation is 2. The van der Waals surface area contributed by atoms with Crippen molar-refractivity contribution in [1.29, 1.82) is 0 Å². The third-order valence-electron chi connectivity index (χ3n) is 4.59. The molecule has 4 amide bonds.